The Bertz CT molecular complexity index is 415. The van der Waals surface area contributed by atoms with Crippen molar-refractivity contribution in [1.29, 1.82) is 0 Å². The molecule has 0 fully saturated rings. The van der Waals surface area contributed by atoms with Crippen LogP contribution in [0.25, 0.3) is 0 Å². The van der Waals surface area contributed by atoms with Crippen LogP contribution >= 0.6 is 11.6 Å². The lowest BCUT2D eigenvalue weighted by Crippen LogP contribution is -2.35. The van der Waals surface area contributed by atoms with E-state index in [0.29, 0.717) is 11.6 Å². The molecule has 0 amide bonds. The lowest BCUT2D eigenvalue weighted by molar-refractivity contribution is 0.135. The van der Waals surface area contributed by atoms with Crippen LogP contribution in [0, 0.1) is 0 Å². The molecule has 4 heteroatoms. The molecule has 0 radical (unpaired) electrons. The predicted octanol–water partition coefficient (Wildman–Crippen LogP) is 4.03. The van der Waals surface area contributed by atoms with Crippen molar-refractivity contribution in [3.63, 3.8) is 0 Å². The van der Waals surface area contributed by atoms with Crippen LogP contribution in [0.3, 0.4) is 0 Å². The Morgan fingerprint density at radius 2 is 2.00 bits per heavy atom. The summed E-state index contributed by atoms with van der Waals surface area (Å²) in [5.41, 5.74) is 1.25. The van der Waals surface area contributed by atoms with Crippen LogP contribution in [0.5, 0.6) is 5.75 Å². The first-order valence-electron chi connectivity index (χ1n) is 7.01. The summed E-state index contributed by atoms with van der Waals surface area (Å²) in [4.78, 5) is 0. The standard InChI is InChI=1S/C16H26ClNO2/c1-12(8-9-19-5)20-15-7-6-13(10-14(15)17)11-18-16(2,3)4/h6-7,10,12,18H,8-9,11H2,1-5H3. The second-order valence-electron chi connectivity index (χ2n) is 6.08. The van der Waals surface area contributed by atoms with Crippen molar-refractivity contribution in [3.8, 4) is 5.75 Å². The van der Waals surface area contributed by atoms with Gasteiger partial charge in [-0.15, -0.1) is 0 Å². The zero-order chi connectivity index (χ0) is 15.2. The molecule has 0 spiro atoms. The average molecular weight is 300 g/mol. The van der Waals surface area contributed by atoms with Gasteiger partial charge in [-0.3, -0.25) is 0 Å². The van der Waals surface area contributed by atoms with E-state index >= 15 is 0 Å². The van der Waals surface area contributed by atoms with Crippen molar-refractivity contribution < 1.29 is 9.47 Å². The molecule has 114 valence electrons. The molecule has 1 atom stereocenters. The zero-order valence-corrected chi connectivity index (χ0v) is 13.9. The second kappa shape index (κ2) is 7.87. The minimum Gasteiger partial charge on any atom is -0.489 e. The summed E-state index contributed by atoms with van der Waals surface area (Å²) in [5.74, 6) is 0.731. The summed E-state index contributed by atoms with van der Waals surface area (Å²) in [5, 5.41) is 4.09. The fraction of sp³-hybridized carbons (Fsp3) is 0.625. The molecule has 0 bridgehead atoms. The maximum absolute atomic E-state index is 6.27. The highest BCUT2D eigenvalue weighted by Gasteiger charge is 2.11. The van der Waals surface area contributed by atoms with E-state index in [4.69, 9.17) is 21.1 Å². The molecule has 20 heavy (non-hydrogen) atoms. The van der Waals surface area contributed by atoms with Gasteiger partial charge in [0, 0.05) is 32.2 Å². The van der Waals surface area contributed by atoms with Gasteiger partial charge in [-0.05, 0) is 45.4 Å². The lowest BCUT2D eigenvalue weighted by atomic mass is 10.1. The molecule has 0 aliphatic heterocycles. The van der Waals surface area contributed by atoms with Crippen molar-refractivity contribution in [2.24, 2.45) is 0 Å². The van der Waals surface area contributed by atoms with Crippen LogP contribution in [-0.4, -0.2) is 25.4 Å². The molecule has 0 saturated heterocycles. The van der Waals surface area contributed by atoms with Crippen molar-refractivity contribution in [2.45, 2.75) is 52.3 Å². The first kappa shape index (κ1) is 17.3. The van der Waals surface area contributed by atoms with Crippen LogP contribution in [0.2, 0.25) is 5.02 Å². The molecular formula is C16H26ClNO2. The van der Waals surface area contributed by atoms with Gasteiger partial charge in [-0.25, -0.2) is 0 Å². The summed E-state index contributed by atoms with van der Waals surface area (Å²) in [6, 6.07) is 5.94. The number of halogens is 1. The molecule has 0 saturated carbocycles. The van der Waals surface area contributed by atoms with E-state index in [9.17, 15) is 0 Å². The van der Waals surface area contributed by atoms with Gasteiger partial charge in [0.15, 0.2) is 0 Å². The molecule has 1 aromatic carbocycles. The number of nitrogens with one attached hydrogen (secondary N) is 1. The second-order valence-corrected chi connectivity index (χ2v) is 6.49. The molecule has 0 aromatic heterocycles. The average Bonchev–Trinajstić information content (AvgIpc) is 2.36. The normalized spacial score (nSPS) is 13.3. The Morgan fingerprint density at radius 1 is 1.30 bits per heavy atom. The van der Waals surface area contributed by atoms with E-state index in [2.05, 4.69) is 26.1 Å². The molecular weight excluding hydrogens is 274 g/mol. The van der Waals surface area contributed by atoms with E-state index in [1.807, 2.05) is 25.1 Å². The number of benzene rings is 1. The first-order valence-corrected chi connectivity index (χ1v) is 7.38. The number of hydrogen-bond acceptors (Lipinski definition) is 3. The molecule has 0 aliphatic rings. The maximum Gasteiger partial charge on any atom is 0.138 e. The Hall–Kier alpha value is -0.770. The lowest BCUT2D eigenvalue weighted by Gasteiger charge is -2.21. The summed E-state index contributed by atoms with van der Waals surface area (Å²) >= 11 is 6.27. The van der Waals surface area contributed by atoms with Gasteiger partial charge < -0.3 is 14.8 Å². The first-order chi connectivity index (χ1) is 9.31. The smallest absolute Gasteiger partial charge is 0.138 e. The van der Waals surface area contributed by atoms with Crippen LogP contribution in [0.4, 0.5) is 0 Å². The highest BCUT2D eigenvalue weighted by molar-refractivity contribution is 6.32. The van der Waals surface area contributed by atoms with Gasteiger partial charge >= 0.3 is 0 Å². The number of methoxy groups -OCH3 is 1. The Labute approximate surface area is 127 Å². The SMILES string of the molecule is COCCC(C)Oc1ccc(CNC(C)(C)C)cc1Cl. The Morgan fingerprint density at radius 3 is 2.55 bits per heavy atom. The van der Waals surface area contributed by atoms with Gasteiger partial charge in [0.2, 0.25) is 0 Å². The third-order valence-corrected chi connectivity index (χ3v) is 3.17. The summed E-state index contributed by atoms with van der Waals surface area (Å²) < 4.78 is 10.9. The summed E-state index contributed by atoms with van der Waals surface area (Å²) in [7, 11) is 1.69. The summed E-state index contributed by atoms with van der Waals surface area (Å²) in [6.45, 7) is 9.93. The van der Waals surface area contributed by atoms with Crippen LogP contribution < -0.4 is 10.1 Å². The van der Waals surface area contributed by atoms with E-state index in [-0.39, 0.29) is 11.6 Å². The van der Waals surface area contributed by atoms with Gasteiger partial charge in [0.25, 0.3) is 0 Å². The third-order valence-electron chi connectivity index (χ3n) is 2.88. The quantitative estimate of drug-likeness (QED) is 0.824. The van der Waals surface area contributed by atoms with E-state index in [1.54, 1.807) is 7.11 Å². The summed E-state index contributed by atoms with van der Waals surface area (Å²) in [6.07, 6.45) is 0.936. The highest BCUT2D eigenvalue weighted by atomic mass is 35.5. The van der Waals surface area contributed by atoms with Crippen LogP contribution in [0.15, 0.2) is 18.2 Å². The molecule has 0 heterocycles. The van der Waals surface area contributed by atoms with Gasteiger partial charge in [0.05, 0.1) is 11.1 Å². The molecule has 0 aliphatic carbocycles. The van der Waals surface area contributed by atoms with E-state index in [0.717, 1.165) is 24.3 Å². The van der Waals surface area contributed by atoms with Crippen molar-refractivity contribution >= 4 is 11.6 Å². The Kier molecular flexibility index (Phi) is 6.80. The van der Waals surface area contributed by atoms with Crippen molar-refractivity contribution in [3.05, 3.63) is 28.8 Å². The minimum absolute atomic E-state index is 0.0889. The molecule has 3 nitrogen and oxygen atoms in total. The Balaban J connectivity index is 2.59. The molecule has 1 unspecified atom stereocenters. The largest absolute Gasteiger partial charge is 0.489 e. The fourth-order valence-electron chi connectivity index (χ4n) is 1.68. The number of ether oxygens (including phenoxy) is 2. The van der Waals surface area contributed by atoms with Gasteiger partial charge in [-0.2, -0.15) is 0 Å². The van der Waals surface area contributed by atoms with Gasteiger partial charge in [-0.1, -0.05) is 17.7 Å². The van der Waals surface area contributed by atoms with Crippen LogP contribution in [-0.2, 0) is 11.3 Å². The third kappa shape index (κ3) is 6.60. The van der Waals surface area contributed by atoms with Crippen LogP contribution in [0.1, 0.15) is 39.7 Å². The maximum atomic E-state index is 6.27. The number of hydrogen-bond donors (Lipinski definition) is 1. The highest BCUT2D eigenvalue weighted by Crippen LogP contribution is 2.27. The topological polar surface area (TPSA) is 30.5 Å². The zero-order valence-electron chi connectivity index (χ0n) is 13.1. The number of rotatable bonds is 7. The molecule has 1 N–H and O–H groups in total. The fourth-order valence-corrected chi connectivity index (χ4v) is 1.92. The van der Waals surface area contributed by atoms with Crippen molar-refractivity contribution in [1.82, 2.24) is 5.32 Å². The molecule has 1 aromatic rings. The minimum atomic E-state index is 0.0889. The van der Waals surface area contributed by atoms with E-state index < -0.39 is 0 Å². The monoisotopic (exact) mass is 299 g/mol. The molecule has 1 rings (SSSR count). The van der Waals surface area contributed by atoms with Crippen molar-refractivity contribution in [2.75, 3.05) is 13.7 Å². The van der Waals surface area contributed by atoms with Gasteiger partial charge in [0.1, 0.15) is 5.75 Å². The predicted molar refractivity (Wildman–Crippen MR) is 84.6 cm³/mol. The van der Waals surface area contributed by atoms with E-state index in [1.165, 1.54) is 0 Å².